The van der Waals surface area contributed by atoms with Crippen LogP contribution in [-0.4, -0.2) is 29.9 Å². The van der Waals surface area contributed by atoms with Gasteiger partial charge in [0.2, 0.25) is 5.91 Å². The molecule has 0 radical (unpaired) electrons. The summed E-state index contributed by atoms with van der Waals surface area (Å²) in [6.07, 6.45) is 0. The average molecular weight is 424 g/mol. The molecule has 2 aromatic carbocycles. The summed E-state index contributed by atoms with van der Waals surface area (Å²) in [4.78, 5) is 31.0. The summed E-state index contributed by atoms with van der Waals surface area (Å²) in [5.41, 5.74) is 2.28. The molecule has 2 N–H and O–H groups in total. The van der Waals surface area contributed by atoms with Crippen LogP contribution in [0.3, 0.4) is 0 Å². The predicted molar refractivity (Wildman–Crippen MR) is 120 cm³/mol. The molecule has 1 atom stereocenters. The third-order valence-electron chi connectivity index (χ3n) is 4.66. The van der Waals surface area contributed by atoms with Gasteiger partial charge in [0, 0.05) is 16.0 Å². The van der Waals surface area contributed by atoms with Gasteiger partial charge in [0.05, 0.1) is 12.8 Å². The van der Waals surface area contributed by atoms with Crippen molar-refractivity contribution >= 4 is 28.3 Å². The highest BCUT2D eigenvalue weighted by molar-refractivity contribution is 7.16. The molecular weight excluding hydrogens is 398 g/mol. The van der Waals surface area contributed by atoms with Crippen LogP contribution in [0.2, 0.25) is 0 Å². The van der Waals surface area contributed by atoms with Gasteiger partial charge >= 0.3 is 0 Å². The van der Waals surface area contributed by atoms with Crippen molar-refractivity contribution in [3.05, 3.63) is 65.0 Å². The predicted octanol–water partition coefficient (Wildman–Crippen LogP) is 4.52. The molecule has 0 spiro atoms. The van der Waals surface area contributed by atoms with Gasteiger partial charge in [-0.15, -0.1) is 11.3 Å². The van der Waals surface area contributed by atoms with Gasteiger partial charge in [-0.05, 0) is 49.2 Å². The number of methoxy groups -OCH3 is 1. The van der Waals surface area contributed by atoms with Crippen molar-refractivity contribution in [3.63, 3.8) is 0 Å². The normalized spacial score (nSPS) is 11.8. The Morgan fingerprint density at radius 1 is 1.03 bits per heavy atom. The molecule has 0 saturated heterocycles. The van der Waals surface area contributed by atoms with Gasteiger partial charge in [0.1, 0.15) is 11.8 Å². The van der Waals surface area contributed by atoms with E-state index < -0.39 is 6.04 Å². The van der Waals surface area contributed by atoms with Crippen LogP contribution in [0.5, 0.6) is 5.75 Å². The number of carbonyl (C=O) groups is 2. The molecule has 0 aliphatic heterocycles. The highest BCUT2D eigenvalue weighted by Crippen LogP contribution is 2.31. The Morgan fingerprint density at radius 3 is 2.30 bits per heavy atom. The number of amides is 2. The lowest BCUT2D eigenvalue weighted by Gasteiger charge is -2.21. The third kappa shape index (κ3) is 5.04. The molecule has 156 valence electrons. The average Bonchev–Trinajstić information content (AvgIpc) is 3.12. The lowest BCUT2D eigenvalue weighted by atomic mass is 10.0. The van der Waals surface area contributed by atoms with Gasteiger partial charge in [-0.2, -0.15) is 0 Å². The Balaban J connectivity index is 1.73. The number of carbonyl (C=O) groups excluding carboxylic acids is 2. The van der Waals surface area contributed by atoms with Gasteiger partial charge in [-0.1, -0.05) is 32.0 Å². The molecule has 0 unspecified atom stereocenters. The van der Waals surface area contributed by atoms with Gasteiger partial charge in [0.15, 0.2) is 5.13 Å². The summed E-state index contributed by atoms with van der Waals surface area (Å²) in [6.45, 7) is 5.75. The van der Waals surface area contributed by atoms with E-state index >= 15 is 0 Å². The van der Waals surface area contributed by atoms with Gasteiger partial charge in [-0.25, -0.2) is 4.98 Å². The third-order valence-corrected chi connectivity index (χ3v) is 5.55. The minimum absolute atomic E-state index is 0.0835. The van der Waals surface area contributed by atoms with Crippen LogP contribution in [0, 0.1) is 12.8 Å². The molecule has 0 aliphatic carbocycles. The molecule has 7 heteroatoms. The maximum Gasteiger partial charge on any atom is 0.251 e. The van der Waals surface area contributed by atoms with E-state index in [1.807, 2.05) is 51.1 Å². The van der Waals surface area contributed by atoms with Crippen molar-refractivity contribution < 1.29 is 14.3 Å². The number of aryl methyl sites for hydroxylation is 1. The van der Waals surface area contributed by atoms with Crippen molar-refractivity contribution in [2.24, 2.45) is 5.92 Å². The van der Waals surface area contributed by atoms with E-state index in [1.54, 1.807) is 31.4 Å². The fourth-order valence-corrected chi connectivity index (χ4v) is 3.84. The van der Waals surface area contributed by atoms with Crippen LogP contribution in [0.15, 0.2) is 54.6 Å². The van der Waals surface area contributed by atoms with E-state index in [-0.39, 0.29) is 17.7 Å². The van der Waals surface area contributed by atoms with E-state index in [9.17, 15) is 9.59 Å². The Morgan fingerprint density at radius 2 is 1.70 bits per heavy atom. The molecule has 0 aliphatic rings. The SMILES string of the molecule is COc1ccc(-c2nc(NC(=O)[C@H](NC(=O)c3ccccc3)C(C)C)sc2C)cc1. The van der Waals surface area contributed by atoms with E-state index in [4.69, 9.17) is 4.74 Å². The Labute approximate surface area is 180 Å². The largest absolute Gasteiger partial charge is 0.497 e. The number of hydrogen-bond acceptors (Lipinski definition) is 5. The van der Waals surface area contributed by atoms with Crippen LogP contribution in [-0.2, 0) is 4.79 Å². The fourth-order valence-electron chi connectivity index (χ4n) is 3.00. The Bertz CT molecular complexity index is 1010. The Kier molecular flexibility index (Phi) is 6.84. The Hall–Kier alpha value is -3.19. The van der Waals surface area contributed by atoms with E-state index in [0.29, 0.717) is 10.7 Å². The molecule has 3 rings (SSSR count). The van der Waals surface area contributed by atoms with E-state index in [0.717, 1.165) is 21.9 Å². The van der Waals surface area contributed by atoms with Gasteiger partial charge in [0.25, 0.3) is 5.91 Å². The first kappa shape index (κ1) is 21.5. The highest BCUT2D eigenvalue weighted by Gasteiger charge is 2.26. The van der Waals surface area contributed by atoms with E-state index in [2.05, 4.69) is 15.6 Å². The number of rotatable bonds is 7. The van der Waals surface area contributed by atoms with Crippen molar-refractivity contribution in [2.75, 3.05) is 12.4 Å². The number of aromatic nitrogens is 1. The van der Waals surface area contributed by atoms with Crippen LogP contribution in [0.1, 0.15) is 29.1 Å². The number of ether oxygens (including phenoxy) is 1. The van der Waals surface area contributed by atoms with Crippen LogP contribution in [0.25, 0.3) is 11.3 Å². The molecule has 0 fully saturated rings. The molecule has 0 bridgehead atoms. The zero-order chi connectivity index (χ0) is 21.7. The van der Waals surface area contributed by atoms with Crippen molar-refractivity contribution in [1.82, 2.24) is 10.3 Å². The minimum Gasteiger partial charge on any atom is -0.497 e. The van der Waals surface area contributed by atoms with Crippen molar-refractivity contribution in [3.8, 4) is 17.0 Å². The first-order valence-corrected chi connectivity index (χ1v) is 10.5. The first-order chi connectivity index (χ1) is 14.4. The summed E-state index contributed by atoms with van der Waals surface area (Å²) >= 11 is 1.40. The zero-order valence-electron chi connectivity index (χ0n) is 17.4. The first-order valence-electron chi connectivity index (χ1n) is 9.67. The smallest absolute Gasteiger partial charge is 0.251 e. The lowest BCUT2D eigenvalue weighted by Crippen LogP contribution is -2.47. The molecular formula is C23H25N3O3S. The van der Waals surface area contributed by atoms with Gasteiger partial charge < -0.3 is 15.4 Å². The highest BCUT2D eigenvalue weighted by atomic mass is 32.1. The second-order valence-corrected chi connectivity index (χ2v) is 8.41. The molecule has 1 aromatic heterocycles. The molecule has 2 amide bonds. The van der Waals surface area contributed by atoms with Crippen molar-refractivity contribution in [1.29, 1.82) is 0 Å². The quantitative estimate of drug-likeness (QED) is 0.585. The maximum atomic E-state index is 12.9. The molecule has 30 heavy (non-hydrogen) atoms. The second kappa shape index (κ2) is 9.54. The molecule has 6 nitrogen and oxygen atoms in total. The van der Waals surface area contributed by atoms with Crippen molar-refractivity contribution in [2.45, 2.75) is 26.8 Å². The number of anilines is 1. The number of hydrogen-bond donors (Lipinski definition) is 2. The maximum absolute atomic E-state index is 12.9. The topological polar surface area (TPSA) is 80.3 Å². The summed E-state index contributed by atoms with van der Waals surface area (Å²) in [7, 11) is 1.62. The summed E-state index contributed by atoms with van der Waals surface area (Å²) in [5, 5.41) is 6.20. The number of nitrogens with zero attached hydrogens (tertiary/aromatic N) is 1. The number of benzene rings is 2. The number of nitrogens with one attached hydrogen (secondary N) is 2. The summed E-state index contributed by atoms with van der Waals surface area (Å²) in [5.74, 6) is 0.122. The molecule has 0 saturated carbocycles. The van der Waals surface area contributed by atoms with E-state index in [1.165, 1.54) is 11.3 Å². The fraction of sp³-hybridized carbons (Fsp3) is 0.261. The molecule has 1 heterocycles. The molecule has 3 aromatic rings. The lowest BCUT2D eigenvalue weighted by molar-refractivity contribution is -0.118. The zero-order valence-corrected chi connectivity index (χ0v) is 18.2. The monoisotopic (exact) mass is 423 g/mol. The van der Waals surface area contributed by atoms with Crippen LogP contribution >= 0.6 is 11.3 Å². The number of thiazole rings is 1. The minimum atomic E-state index is -0.675. The summed E-state index contributed by atoms with van der Waals surface area (Å²) < 4.78 is 5.20. The van der Waals surface area contributed by atoms with Crippen LogP contribution < -0.4 is 15.4 Å². The second-order valence-electron chi connectivity index (χ2n) is 7.20. The van der Waals surface area contributed by atoms with Crippen LogP contribution in [0.4, 0.5) is 5.13 Å². The summed E-state index contributed by atoms with van der Waals surface area (Å²) in [6, 6.07) is 15.8. The standard InChI is InChI=1S/C23H25N3O3S/c1-14(2)19(24-21(27)17-8-6-5-7-9-17)22(28)26-23-25-20(15(3)30-23)16-10-12-18(29-4)13-11-16/h5-14,19H,1-4H3,(H,24,27)(H,25,26,28)/t19-/m1/s1. The van der Waals surface area contributed by atoms with Gasteiger partial charge in [-0.3, -0.25) is 9.59 Å².